The lowest BCUT2D eigenvalue weighted by Crippen LogP contribution is -2.06. The van der Waals surface area contributed by atoms with Crippen molar-refractivity contribution in [2.75, 3.05) is 14.2 Å². The molecule has 2 aromatic carbocycles. The molecule has 2 rings (SSSR count). The van der Waals surface area contributed by atoms with E-state index >= 15 is 0 Å². The Bertz CT molecular complexity index is 647. The highest BCUT2D eigenvalue weighted by atomic mass is 16.5. The molecule has 0 amide bonds. The van der Waals surface area contributed by atoms with Gasteiger partial charge in [-0.15, -0.1) is 0 Å². The van der Waals surface area contributed by atoms with Gasteiger partial charge in [0.15, 0.2) is 6.29 Å². The highest BCUT2D eigenvalue weighted by Gasteiger charge is 2.14. The topological polar surface area (TPSA) is 52.6 Å². The molecule has 4 heteroatoms. The molecule has 0 bridgehead atoms. The molecule has 0 aromatic heterocycles. The van der Waals surface area contributed by atoms with Gasteiger partial charge >= 0.3 is 5.97 Å². The van der Waals surface area contributed by atoms with E-state index in [0.29, 0.717) is 16.9 Å². The lowest BCUT2D eigenvalue weighted by molar-refractivity contribution is -0.139. The molecule has 0 radical (unpaired) electrons. The number of esters is 1. The van der Waals surface area contributed by atoms with Crippen molar-refractivity contribution in [3.05, 3.63) is 53.6 Å². The van der Waals surface area contributed by atoms with Gasteiger partial charge in [-0.1, -0.05) is 30.3 Å². The Kier molecular flexibility index (Phi) is 4.72. The smallest absolute Gasteiger partial charge is 0.309 e. The van der Waals surface area contributed by atoms with E-state index in [-0.39, 0.29) is 12.4 Å². The van der Waals surface area contributed by atoms with E-state index in [4.69, 9.17) is 4.74 Å². The van der Waals surface area contributed by atoms with Gasteiger partial charge in [0.2, 0.25) is 0 Å². The second-order valence-corrected chi connectivity index (χ2v) is 4.50. The van der Waals surface area contributed by atoms with E-state index in [1.165, 1.54) is 14.2 Å². The Morgan fingerprint density at radius 3 is 2.43 bits per heavy atom. The summed E-state index contributed by atoms with van der Waals surface area (Å²) in [5.74, 6) is 0.154. The lowest BCUT2D eigenvalue weighted by atomic mass is 9.97. The maximum absolute atomic E-state index is 11.4. The van der Waals surface area contributed by atoms with Crippen LogP contribution in [0.15, 0.2) is 42.5 Å². The first-order chi connectivity index (χ1) is 10.2. The molecule has 21 heavy (non-hydrogen) atoms. The summed E-state index contributed by atoms with van der Waals surface area (Å²) in [6.45, 7) is 0. The summed E-state index contributed by atoms with van der Waals surface area (Å²) in [6.07, 6.45) is 0.840. The van der Waals surface area contributed by atoms with Gasteiger partial charge in [0.05, 0.1) is 26.2 Å². The average Bonchev–Trinajstić information content (AvgIpc) is 2.54. The van der Waals surface area contributed by atoms with E-state index in [0.717, 1.165) is 17.4 Å². The molecule has 0 N–H and O–H groups in total. The number of rotatable bonds is 5. The van der Waals surface area contributed by atoms with Crippen molar-refractivity contribution in [1.29, 1.82) is 0 Å². The molecular formula is C17H16O4. The number of ether oxygens (including phenoxy) is 2. The number of methoxy groups -OCH3 is 2. The number of benzene rings is 2. The molecule has 0 aliphatic rings. The zero-order valence-electron chi connectivity index (χ0n) is 12.0. The zero-order valence-corrected chi connectivity index (χ0v) is 12.0. The number of hydrogen-bond acceptors (Lipinski definition) is 4. The van der Waals surface area contributed by atoms with Gasteiger partial charge in [-0.3, -0.25) is 9.59 Å². The van der Waals surface area contributed by atoms with Crippen molar-refractivity contribution >= 4 is 12.3 Å². The summed E-state index contributed by atoms with van der Waals surface area (Å²) in [5, 5.41) is 0. The third-order valence-corrected chi connectivity index (χ3v) is 3.17. The van der Waals surface area contributed by atoms with Crippen LogP contribution in [0.1, 0.15) is 15.9 Å². The number of carbonyl (C=O) groups excluding carboxylic acids is 2. The summed E-state index contributed by atoms with van der Waals surface area (Å²) in [7, 11) is 2.86. The predicted molar refractivity (Wildman–Crippen MR) is 79.5 cm³/mol. The monoisotopic (exact) mass is 284 g/mol. The second kappa shape index (κ2) is 6.70. The van der Waals surface area contributed by atoms with Gasteiger partial charge in [0.1, 0.15) is 5.75 Å². The summed E-state index contributed by atoms with van der Waals surface area (Å²) in [6, 6.07) is 13.1. The van der Waals surface area contributed by atoms with Crippen LogP contribution in [0.4, 0.5) is 0 Å². The third-order valence-electron chi connectivity index (χ3n) is 3.17. The molecule has 0 aliphatic heterocycles. The van der Waals surface area contributed by atoms with Crippen molar-refractivity contribution < 1.29 is 19.1 Å². The van der Waals surface area contributed by atoms with E-state index in [9.17, 15) is 9.59 Å². The molecule has 2 aromatic rings. The first-order valence-corrected chi connectivity index (χ1v) is 6.48. The molecule has 0 heterocycles. The average molecular weight is 284 g/mol. The van der Waals surface area contributed by atoms with Crippen LogP contribution in [0, 0.1) is 0 Å². The minimum Gasteiger partial charge on any atom is -0.495 e. The fraction of sp³-hybridized carbons (Fsp3) is 0.176. The van der Waals surface area contributed by atoms with Crippen LogP contribution in [0.5, 0.6) is 5.75 Å². The molecule has 0 unspecified atom stereocenters. The van der Waals surface area contributed by atoms with Crippen molar-refractivity contribution in [3.63, 3.8) is 0 Å². The summed E-state index contributed by atoms with van der Waals surface area (Å²) in [5.41, 5.74) is 2.83. The molecule has 108 valence electrons. The van der Waals surface area contributed by atoms with Gasteiger partial charge in [-0.2, -0.15) is 0 Å². The molecule has 0 spiro atoms. The van der Waals surface area contributed by atoms with Crippen molar-refractivity contribution in [1.82, 2.24) is 0 Å². The number of carbonyl (C=O) groups is 2. The molecule has 0 fully saturated rings. The Morgan fingerprint density at radius 1 is 1.14 bits per heavy atom. The quantitative estimate of drug-likeness (QED) is 0.626. The minimum absolute atomic E-state index is 0.112. The van der Waals surface area contributed by atoms with Crippen LogP contribution in [0.25, 0.3) is 11.1 Å². The van der Waals surface area contributed by atoms with Gasteiger partial charge in [0, 0.05) is 5.56 Å². The maximum Gasteiger partial charge on any atom is 0.309 e. The van der Waals surface area contributed by atoms with Gasteiger partial charge in [-0.25, -0.2) is 0 Å². The summed E-state index contributed by atoms with van der Waals surface area (Å²) >= 11 is 0. The van der Waals surface area contributed by atoms with E-state index in [1.54, 1.807) is 6.07 Å². The lowest BCUT2D eigenvalue weighted by Gasteiger charge is -2.13. The SMILES string of the molecule is COC(=O)Cc1cc(C=O)c(OC)c(-c2ccccc2)c1. The first-order valence-electron chi connectivity index (χ1n) is 6.48. The minimum atomic E-state index is -0.351. The molecule has 4 nitrogen and oxygen atoms in total. The van der Waals surface area contributed by atoms with E-state index in [2.05, 4.69) is 4.74 Å². The molecule has 0 saturated carbocycles. The predicted octanol–water partition coefficient (Wildman–Crippen LogP) is 2.89. The first kappa shape index (κ1) is 14.8. The van der Waals surface area contributed by atoms with Crippen LogP contribution in [-0.4, -0.2) is 26.5 Å². The maximum atomic E-state index is 11.4. The highest BCUT2D eigenvalue weighted by Crippen LogP contribution is 2.34. The molecule has 0 atom stereocenters. The van der Waals surface area contributed by atoms with Crippen LogP contribution in [-0.2, 0) is 16.0 Å². The summed E-state index contributed by atoms with van der Waals surface area (Å²) in [4.78, 5) is 22.7. The Morgan fingerprint density at radius 2 is 1.86 bits per heavy atom. The summed E-state index contributed by atoms with van der Waals surface area (Å²) < 4.78 is 10.0. The molecule has 0 aliphatic carbocycles. The second-order valence-electron chi connectivity index (χ2n) is 4.50. The Balaban J connectivity index is 2.58. The third kappa shape index (κ3) is 3.28. The van der Waals surface area contributed by atoms with Crippen LogP contribution in [0.2, 0.25) is 0 Å². The number of aldehydes is 1. The molecular weight excluding hydrogens is 268 g/mol. The standard InChI is InChI=1S/C17H16O4/c1-20-16(19)10-12-8-14(11-18)17(21-2)15(9-12)13-6-4-3-5-7-13/h3-9,11H,10H2,1-2H3. The van der Waals surface area contributed by atoms with E-state index in [1.807, 2.05) is 36.4 Å². The van der Waals surface area contributed by atoms with Crippen molar-refractivity contribution in [3.8, 4) is 16.9 Å². The highest BCUT2D eigenvalue weighted by molar-refractivity contribution is 5.87. The van der Waals surface area contributed by atoms with Crippen LogP contribution < -0.4 is 4.74 Å². The fourth-order valence-corrected chi connectivity index (χ4v) is 2.20. The molecule has 0 saturated heterocycles. The van der Waals surface area contributed by atoms with Crippen LogP contribution in [0.3, 0.4) is 0 Å². The van der Waals surface area contributed by atoms with Gasteiger partial charge in [-0.05, 0) is 23.3 Å². The fourth-order valence-electron chi connectivity index (χ4n) is 2.20. The van der Waals surface area contributed by atoms with Gasteiger partial charge in [0.25, 0.3) is 0 Å². The Labute approximate surface area is 123 Å². The van der Waals surface area contributed by atoms with Crippen molar-refractivity contribution in [2.45, 2.75) is 6.42 Å². The zero-order chi connectivity index (χ0) is 15.2. The van der Waals surface area contributed by atoms with Gasteiger partial charge < -0.3 is 9.47 Å². The van der Waals surface area contributed by atoms with Crippen LogP contribution >= 0.6 is 0 Å². The Hall–Kier alpha value is -2.62. The largest absolute Gasteiger partial charge is 0.495 e. The van der Waals surface area contributed by atoms with Crippen molar-refractivity contribution in [2.24, 2.45) is 0 Å². The normalized spacial score (nSPS) is 10.0. The number of hydrogen-bond donors (Lipinski definition) is 0. The van der Waals surface area contributed by atoms with E-state index < -0.39 is 0 Å².